The minimum absolute atomic E-state index is 0.0663. The molecule has 0 aliphatic heterocycles. The number of hydrogen-bond donors (Lipinski definition) is 2. The molecule has 0 fully saturated rings. The molecule has 2 amide bonds. The molecule has 3 rings (SSSR count). The van der Waals surface area contributed by atoms with E-state index in [9.17, 15) is 23.3 Å². The summed E-state index contributed by atoms with van der Waals surface area (Å²) in [6.45, 7) is 1.50. The quantitative estimate of drug-likeness (QED) is 0.465. The van der Waals surface area contributed by atoms with Crippen LogP contribution in [0.15, 0.2) is 77.7 Å². The third kappa shape index (κ3) is 6.66. The molecule has 3 aromatic rings. The number of amides is 2. The van der Waals surface area contributed by atoms with Gasteiger partial charge < -0.3 is 4.74 Å². The molecule has 180 valence electrons. The van der Waals surface area contributed by atoms with Gasteiger partial charge in [0.2, 0.25) is 10.0 Å². The van der Waals surface area contributed by atoms with E-state index in [1.165, 1.54) is 31.3 Å². The molecule has 0 spiro atoms. The van der Waals surface area contributed by atoms with Crippen molar-refractivity contribution >= 4 is 21.8 Å². The number of benzene rings is 3. The maximum absolute atomic E-state index is 12.6. The van der Waals surface area contributed by atoms with E-state index < -0.39 is 28.4 Å². The van der Waals surface area contributed by atoms with Gasteiger partial charge in [0.25, 0.3) is 11.8 Å². The van der Waals surface area contributed by atoms with Crippen molar-refractivity contribution in [1.82, 2.24) is 15.2 Å². The molecule has 0 bridgehead atoms. The minimum Gasteiger partial charge on any atom is -0.489 e. The van der Waals surface area contributed by atoms with E-state index in [4.69, 9.17) is 4.74 Å². The van der Waals surface area contributed by atoms with Crippen molar-refractivity contribution in [3.8, 4) is 11.8 Å². The van der Waals surface area contributed by atoms with E-state index in [0.29, 0.717) is 16.9 Å². The minimum atomic E-state index is -3.86. The number of ether oxygens (including phenoxy) is 1. The van der Waals surface area contributed by atoms with Crippen LogP contribution in [-0.4, -0.2) is 38.1 Å². The zero-order chi connectivity index (χ0) is 25.4. The highest BCUT2D eigenvalue weighted by Crippen LogP contribution is 2.17. The highest BCUT2D eigenvalue weighted by molar-refractivity contribution is 7.89. The fourth-order valence-corrected chi connectivity index (χ4v) is 4.19. The van der Waals surface area contributed by atoms with Gasteiger partial charge >= 0.3 is 0 Å². The normalized spacial score (nSPS) is 10.9. The number of carbonyl (C=O) groups excluding carboxylic acids is 2. The Balaban J connectivity index is 1.55. The molecule has 2 N–H and O–H groups in total. The average molecular weight is 493 g/mol. The maximum atomic E-state index is 12.6. The second kappa shape index (κ2) is 11.3. The molecule has 3 aromatic carbocycles. The van der Waals surface area contributed by atoms with Crippen molar-refractivity contribution in [1.29, 1.82) is 5.26 Å². The molecule has 35 heavy (non-hydrogen) atoms. The Morgan fingerprint density at radius 2 is 1.71 bits per heavy atom. The first-order chi connectivity index (χ1) is 16.7. The monoisotopic (exact) mass is 492 g/mol. The van der Waals surface area contributed by atoms with E-state index in [1.807, 2.05) is 6.92 Å². The summed E-state index contributed by atoms with van der Waals surface area (Å²) < 4.78 is 31.8. The summed E-state index contributed by atoms with van der Waals surface area (Å²) in [7, 11) is -2.58. The number of carbonyl (C=O) groups is 2. The van der Waals surface area contributed by atoms with Gasteiger partial charge in [-0.25, -0.2) is 8.42 Å². The molecular formula is C25H24N4O5S. The van der Waals surface area contributed by atoms with Crippen LogP contribution >= 0.6 is 0 Å². The van der Waals surface area contributed by atoms with Crippen LogP contribution in [0.2, 0.25) is 0 Å². The van der Waals surface area contributed by atoms with Crippen molar-refractivity contribution in [3.63, 3.8) is 0 Å². The summed E-state index contributed by atoms with van der Waals surface area (Å²) in [6.07, 6.45) is 0. The van der Waals surface area contributed by atoms with Gasteiger partial charge in [0.1, 0.15) is 12.4 Å². The molecule has 0 radical (unpaired) electrons. The van der Waals surface area contributed by atoms with E-state index in [2.05, 4.69) is 16.9 Å². The molecular weight excluding hydrogens is 468 g/mol. The van der Waals surface area contributed by atoms with Crippen LogP contribution in [-0.2, 0) is 21.4 Å². The number of rotatable bonds is 8. The van der Waals surface area contributed by atoms with E-state index in [0.717, 1.165) is 9.87 Å². The van der Waals surface area contributed by atoms with Crippen LogP contribution in [0.25, 0.3) is 0 Å². The third-order valence-electron chi connectivity index (χ3n) is 5.04. The summed E-state index contributed by atoms with van der Waals surface area (Å²) in [5.74, 6) is -0.914. The molecule has 0 heterocycles. The number of nitrogens with zero attached hydrogens (tertiary/aromatic N) is 2. The Morgan fingerprint density at radius 3 is 2.43 bits per heavy atom. The molecule has 0 aliphatic carbocycles. The van der Waals surface area contributed by atoms with Crippen LogP contribution in [0.3, 0.4) is 0 Å². The van der Waals surface area contributed by atoms with Crippen LogP contribution < -0.4 is 15.6 Å². The van der Waals surface area contributed by atoms with Gasteiger partial charge in [-0.1, -0.05) is 42.0 Å². The van der Waals surface area contributed by atoms with Gasteiger partial charge in [-0.2, -0.15) is 9.57 Å². The van der Waals surface area contributed by atoms with Crippen molar-refractivity contribution in [2.75, 3.05) is 13.6 Å². The lowest BCUT2D eigenvalue weighted by Gasteiger charge is -2.17. The number of aryl methyl sites for hydroxylation is 1. The third-order valence-corrected chi connectivity index (χ3v) is 6.86. The highest BCUT2D eigenvalue weighted by Gasteiger charge is 2.23. The van der Waals surface area contributed by atoms with Crippen molar-refractivity contribution < 1.29 is 22.7 Å². The van der Waals surface area contributed by atoms with Gasteiger partial charge in [0, 0.05) is 18.2 Å². The molecule has 0 unspecified atom stereocenters. The molecule has 0 atom stereocenters. The molecule has 0 aliphatic rings. The number of nitrogens with one attached hydrogen (secondary N) is 2. The van der Waals surface area contributed by atoms with Crippen LogP contribution in [0, 0.1) is 18.3 Å². The second-order valence-electron chi connectivity index (χ2n) is 7.66. The van der Waals surface area contributed by atoms with Crippen molar-refractivity contribution in [2.24, 2.45) is 0 Å². The lowest BCUT2D eigenvalue weighted by molar-refractivity contribution is -0.121. The van der Waals surface area contributed by atoms with Crippen LogP contribution in [0.1, 0.15) is 27.0 Å². The molecule has 9 nitrogen and oxygen atoms in total. The summed E-state index contributed by atoms with van der Waals surface area (Å²) >= 11 is 0. The zero-order valence-corrected chi connectivity index (χ0v) is 20.0. The summed E-state index contributed by atoms with van der Waals surface area (Å²) in [4.78, 5) is 24.7. The second-order valence-corrected chi connectivity index (χ2v) is 9.71. The fraction of sp³-hybridized carbons (Fsp3) is 0.160. The van der Waals surface area contributed by atoms with Crippen molar-refractivity contribution in [2.45, 2.75) is 18.4 Å². The largest absolute Gasteiger partial charge is 0.489 e. The SMILES string of the molecule is Cc1ccc(S(=O)(=O)N(C)CC(=O)NNC(=O)c2cccc(OCc3ccccc3C#N)c2)cc1. The Hall–Kier alpha value is -4.20. The van der Waals surface area contributed by atoms with Crippen molar-refractivity contribution in [3.05, 3.63) is 95.1 Å². The Kier molecular flexibility index (Phi) is 8.20. The van der Waals surface area contributed by atoms with Crippen LogP contribution in [0.4, 0.5) is 0 Å². The topological polar surface area (TPSA) is 129 Å². The Morgan fingerprint density at radius 1 is 1.00 bits per heavy atom. The molecule has 0 aromatic heterocycles. The lowest BCUT2D eigenvalue weighted by Crippen LogP contribution is -2.46. The van der Waals surface area contributed by atoms with Gasteiger partial charge in [-0.3, -0.25) is 20.4 Å². The predicted molar refractivity (Wildman–Crippen MR) is 129 cm³/mol. The summed E-state index contributed by atoms with van der Waals surface area (Å²) in [5, 5.41) is 9.17. The zero-order valence-electron chi connectivity index (χ0n) is 19.2. The first kappa shape index (κ1) is 25.4. The van der Waals surface area contributed by atoms with Gasteiger partial charge in [0.15, 0.2) is 0 Å². The number of nitriles is 1. The van der Waals surface area contributed by atoms with E-state index in [1.54, 1.807) is 48.5 Å². The number of sulfonamides is 1. The summed E-state index contributed by atoms with van der Waals surface area (Å²) in [5.41, 5.74) is 6.82. The lowest BCUT2D eigenvalue weighted by atomic mass is 10.1. The van der Waals surface area contributed by atoms with E-state index >= 15 is 0 Å². The van der Waals surface area contributed by atoms with Gasteiger partial charge in [-0.05, 0) is 43.3 Å². The molecule has 0 saturated heterocycles. The summed E-state index contributed by atoms with van der Waals surface area (Å²) in [6, 6.07) is 21.7. The number of hydrazine groups is 1. The molecule has 0 saturated carbocycles. The van der Waals surface area contributed by atoms with Gasteiger partial charge in [-0.15, -0.1) is 0 Å². The average Bonchev–Trinajstić information content (AvgIpc) is 2.86. The first-order valence-electron chi connectivity index (χ1n) is 10.5. The van der Waals surface area contributed by atoms with Crippen LogP contribution in [0.5, 0.6) is 5.75 Å². The fourth-order valence-electron chi connectivity index (χ4n) is 3.06. The molecule has 10 heteroatoms. The van der Waals surface area contributed by atoms with E-state index in [-0.39, 0.29) is 17.1 Å². The Bertz CT molecular complexity index is 1370. The highest BCUT2D eigenvalue weighted by atomic mass is 32.2. The first-order valence-corrected chi connectivity index (χ1v) is 12.0. The predicted octanol–water partition coefficient (Wildman–Crippen LogP) is 2.53. The smallest absolute Gasteiger partial charge is 0.269 e. The maximum Gasteiger partial charge on any atom is 0.269 e. The number of hydrogen-bond acceptors (Lipinski definition) is 6. The Labute approximate surface area is 204 Å². The standard InChI is InChI=1S/C25H24N4O5S/c1-18-10-12-23(13-11-18)35(32,33)29(2)16-24(30)27-28-25(31)19-8-5-9-22(14-19)34-17-21-7-4-3-6-20(21)15-26/h3-14H,16-17H2,1-2H3,(H,27,30)(H,28,31). The number of likely N-dealkylation sites (N-methyl/N-ethyl adjacent to an activating group) is 1. The van der Waals surface area contributed by atoms with Gasteiger partial charge in [0.05, 0.1) is 23.1 Å².